The van der Waals surface area contributed by atoms with E-state index in [1.165, 1.54) is 0 Å². The van der Waals surface area contributed by atoms with Crippen molar-refractivity contribution in [2.45, 2.75) is 20.8 Å². The predicted octanol–water partition coefficient (Wildman–Crippen LogP) is 2.00. The van der Waals surface area contributed by atoms with Crippen molar-refractivity contribution in [2.24, 2.45) is 11.7 Å². The van der Waals surface area contributed by atoms with Crippen LogP contribution >= 0.6 is 0 Å². The summed E-state index contributed by atoms with van der Waals surface area (Å²) in [6.45, 7) is 7.13. The van der Waals surface area contributed by atoms with Crippen LogP contribution in [0.2, 0.25) is 0 Å². The Kier molecular flexibility index (Phi) is 4.98. The molecule has 1 aromatic carbocycles. The van der Waals surface area contributed by atoms with Gasteiger partial charge in [0.1, 0.15) is 5.69 Å². The zero-order valence-corrected chi connectivity index (χ0v) is 12.9. The van der Waals surface area contributed by atoms with Crippen LogP contribution in [0.1, 0.15) is 31.3 Å². The largest absolute Gasteiger partial charge is 0.490 e. The molecule has 0 spiro atoms. The average molecular weight is 304 g/mol. The van der Waals surface area contributed by atoms with Crippen molar-refractivity contribution < 1.29 is 14.3 Å². The van der Waals surface area contributed by atoms with Crippen LogP contribution in [0.15, 0.2) is 18.2 Å². The molecule has 0 atom stereocenters. The van der Waals surface area contributed by atoms with Gasteiger partial charge < -0.3 is 15.2 Å². The van der Waals surface area contributed by atoms with E-state index in [-0.39, 0.29) is 5.69 Å². The fourth-order valence-electron chi connectivity index (χ4n) is 1.90. The summed E-state index contributed by atoms with van der Waals surface area (Å²) in [7, 11) is 0. The lowest BCUT2D eigenvalue weighted by Gasteiger charge is -2.14. The maximum atomic E-state index is 11.4. The maximum Gasteiger partial charge on any atom is 0.271 e. The van der Waals surface area contributed by atoms with Crippen LogP contribution in [0.5, 0.6) is 11.5 Å². The molecule has 0 unspecified atom stereocenters. The van der Waals surface area contributed by atoms with Gasteiger partial charge >= 0.3 is 0 Å². The molecule has 1 amide bonds. The molecule has 2 rings (SSSR count). The summed E-state index contributed by atoms with van der Waals surface area (Å²) in [6, 6.07) is 5.36. The molecule has 118 valence electrons. The van der Waals surface area contributed by atoms with E-state index in [4.69, 9.17) is 15.2 Å². The van der Waals surface area contributed by atoms with E-state index >= 15 is 0 Å². The van der Waals surface area contributed by atoms with E-state index in [9.17, 15) is 4.79 Å². The Morgan fingerprint density at radius 2 is 2.05 bits per heavy atom. The number of nitrogens with one attached hydrogen (secondary N) is 1. The lowest BCUT2D eigenvalue weighted by atomic mass is 10.1. The number of rotatable bonds is 7. The third-order valence-electron chi connectivity index (χ3n) is 2.87. The fraction of sp³-hybridized carbons (Fsp3) is 0.400. The lowest BCUT2D eigenvalue weighted by molar-refractivity contribution is 0.0996. The summed E-state index contributed by atoms with van der Waals surface area (Å²) >= 11 is 0. The molecule has 0 saturated carbocycles. The van der Waals surface area contributed by atoms with E-state index in [1.54, 1.807) is 18.2 Å². The molecule has 1 aromatic heterocycles. The van der Waals surface area contributed by atoms with Crippen LogP contribution < -0.4 is 15.2 Å². The monoisotopic (exact) mass is 304 g/mol. The molecular weight excluding hydrogens is 284 g/mol. The summed E-state index contributed by atoms with van der Waals surface area (Å²) in [5.41, 5.74) is 6.46. The molecule has 0 bridgehead atoms. The van der Waals surface area contributed by atoms with Crippen molar-refractivity contribution in [1.82, 2.24) is 15.4 Å². The van der Waals surface area contributed by atoms with Gasteiger partial charge in [-0.05, 0) is 31.0 Å². The van der Waals surface area contributed by atoms with Crippen LogP contribution in [-0.2, 0) is 0 Å². The van der Waals surface area contributed by atoms with Gasteiger partial charge in [-0.3, -0.25) is 4.79 Å². The van der Waals surface area contributed by atoms with E-state index in [0.717, 1.165) is 0 Å². The highest BCUT2D eigenvalue weighted by Crippen LogP contribution is 2.33. The van der Waals surface area contributed by atoms with Crippen molar-refractivity contribution in [1.29, 1.82) is 0 Å². The van der Waals surface area contributed by atoms with Crippen molar-refractivity contribution >= 4 is 5.91 Å². The summed E-state index contributed by atoms with van der Waals surface area (Å²) in [4.78, 5) is 11.4. The zero-order chi connectivity index (χ0) is 16.1. The first-order chi connectivity index (χ1) is 10.5. The van der Waals surface area contributed by atoms with Crippen LogP contribution in [-0.4, -0.2) is 34.5 Å². The van der Waals surface area contributed by atoms with Gasteiger partial charge in [0.15, 0.2) is 17.2 Å². The third kappa shape index (κ3) is 3.55. The number of benzene rings is 1. The molecule has 1 heterocycles. The van der Waals surface area contributed by atoms with Crippen LogP contribution in [0.25, 0.3) is 11.3 Å². The predicted molar refractivity (Wildman–Crippen MR) is 81.8 cm³/mol. The number of primary amides is 1. The van der Waals surface area contributed by atoms with E-state index in [1.807, 2.05) is 6.92 Å². The number of hydrogen-bond donors (Lipinski definition) is 2. The topological polar surface area (TPSA) is 103 Å². The molecule has 0 radical (unpaired) electrons. The number of nitrogens with zero attached hydrogens (tertiary/aromatic N) is 2. The Morgan fingerprint density at radius 1 is 1.27 bits per heavy atom. The second kappa shape index (κ2) is 6.93. The van der Waals surface area contributed by atoms with E-state index in [0.29, 0.717) is 41.9 Å². The minimum absolute atomic E-state index is 0.0956. The molecule has 7 heteroatoms. The van der Waals surface area contributed by atoms with Crippen molar-refractivity contribution in [3.05, 3.63) is 23.9 Å². The van der Waals surface area contributed by atoms with Crippen molar-refractivity contribution in [3.63, 3.8) is 0 Å². The number of aromatic amines is 1. The minimum Gasteiger partial charge on any atom is -0.490 e. The SMILES string of the molecule is CCOc1cc(-c2n[nH]nc2C(N)=O)ccc1OCC(C)C. The molecule has 3 N–H and O–H groups in total. The van der Waals surface area contributed by atoms with Gasteiger partial charge in [-0.2, -0.15) is 15.4 Å². The van der Waals surface area contributed by atoms with Crippen LogP contribution in [0.4, 0.5) is 0 Å². The summed E-state index contributed by atoms with van der Waals surface area (Å²) < 4.78 is 11.3. The Morgan fingerprint density at radius 3 is 2.68 bits per heavy atom. The zero-order valence-electron chi connectivity index (χ0n) is 12.9. The maximum absolute atomic E-state index is 11.4. The number of aromatic nitrogens is 3. The Hall–Kier alpha value is -2.57. The number of carbonyl (C=O) groups excluding carboxylic acids is 1. The second-order valence-electron chi connectivity index (χ2n) is 5.18. The Balaban J connectivity index is 2.36. The fourth-order valence-corrected chi connectivity index (χ4v) is 1.90. The lowest BCUT2D eigenvalue weighted by Crippen LogP contribution is -2.12. The van der Waals surface area contributed by atoms with Crippen LogP contribution in [0, 0.1) is 5.92 Å². The smallest absolute Gasteiger partial charge is 0.271 e. The molecule has 0 aliphatic rings. The first kappa shape index (κ1) is 15.8. The third-order valence-corrected chi connectivity index (χ3v) is 2.87. The molecule has 7 nitrogen and oxygen atoms in total. The van der Waals surface area contributed by atoms with Gasteiger partial charge in [-0.15, -0.1) is 0 Å². The molecular formula is C15H20N4O3. The molecule has 0 aliphatic heterocycles. The quantitative estimate of drug-likeness (QED) is 0.814. The highest BCUT2D eigenvalue weighted by molar-refractivity contribution is 5.96. The van der Waals surface area contributed by atoms with Gasteiger partial charge in [0.2, 0.25) is 0 Å². The number of hydrogen-bond acceptors (Lipinski definition) is 5. The van der Waals surface area contributed by atoms with Crippen LogP contribution in [0.3, 0.4) is 0 Å². The molecule has 22 heavy (non-hydrogen) atoms. The Labute approximate surface area is 128 Å². The normalized spacial score (nSPS) is 10.7. The number of amides is 1. The van der Waals surface area contributed by atoms with Crippen molar-refractivity contribution in [2.75, 3.05) is 13.2 Å². The van der Waals surface area contributed by atoms with Gasteiger partial charge in [-0.1, -0.05) is 13.8 Å². The number of ether oxygens (including phenoxy) is 2. The highest BCUT2D eigenvalue weighted by atomic mass is 16.5. The van der Waals surface area contributed by atoms with E-state index in [2.05, 4.69) is 29.3 Å². The molecule has 2 aromatic rings. The minimum atomic E-state index is -0.637. The number of carbonyl (C=O) groups is 1. The standard InChI is InChI=1S/C15H20N4O3/c1-4-21-12-7-10(5-6-11(12)22-8-9(2)3)13-14(15(16)20)18-19-17-13/h5-7,9H,4,8H2,1-3H3,(H2,16,20)(H,17,18,19). The summed E-state index contributed by atoms with van der Waals surface area (Å²) in [5.74, 6) is 1.02. The van der Waals surface area contributed by atoms with Crippen molar-refractivity contribution in [3.8, 4) is 22.8 Å². The van der Waals surface area contributed by atoms with Gasteiger partial charge in [0.05, 0.1) is 13.2 Å². The summed E-state index contributed by atoms with van der Waals surface area (Å²) in [5, 5.41) is 10.2. The van der Waals surface area contributed by atoms with E-state index < -0.39 is 5.91 Å². The highest BCUT2D eigenvalue weighted by Gasteiger charge is 2.17. The average Bonchev–Trinajstić information content (AvgIpc) is 2.95. The first-order valence-corrected chi connectivity index (χ1v) is 7.13. The Bertz CT molecular complexity index is 652. The molecule has 0 saturated heterocycles. The van der Waals surface area contributed by atoms with Gasteiger partial charge in [0.25, 0.3) is 5.91 Å². The first-order valence-electron chi connectivity index (χ1n) is 7.13. The second-order valence-corrected chi connectivity index (χ2v) is 5.18. The van der Waals surface area contributed by atoms with Gasteiger partial charge in [-0.25, -0.2) is 0 Å². The molecule has 0 fully saturated rings. The number of H-pyrrole nitrogens is 1. The van der Waals surface area contributed by atoms with Gasteiger partial charge in [0, 0.05) is 5.56 Å². The number of nitrogens with two attached hydrogens (primary N) is 1. The summed E-state index contributed by atoms with van der Waals surface area (Å²) in [6.07, 6.45) is 0. The molecule has 0 aliphatic carbocycles.